The second-order valence-electron chi connectivity index (χ2n) is 5.48. The number of hydrogen-bond acceptors (Lipinski definition) is 7. The summed E-state index contributed by atoms with van der Waals surface area (Å²) in [4.78, 5) is 22.5. The minimum Gasteiger partial charge on any atom is -0.411 e. The molecule has 0 saturated carbocycles. The molecule has 0 saturated heterocycles. The number of carbonyl (C=O) groups is 1. The Labute approximate surface area is 156 Å². The van der Waals surface area contributed by atoms with Crippen molar-refractivity contribution in [3.63, 3.8) is 0 Å². The number of carbonyl (C=O) groups excluding carboxylic acids is 1. The molecule has 10 heteroatoms. The monoisotopic (exact) mass is 388 g/mol. The largest absolute Gasteiger partial charge is 0.411 e. The fraction of sp³-hybridized carbons (Fsp3) is 0.118. The molecule has 0 radical (unpaired) electrons. The van der Waals surface area contributed by atoms with E-state index < -0.39 is 4.92 Å². The predicted molar refractivity (Wildman–Crippen MR) is 96.9 cm³/mol. The van der Waals surface area contributed by atoms with E-state index in [1.807, 2.05) is 0 Å². The molecule has 0 aliphatic rings. The molecule has 0 fully saturated rings. The van der Waals surface area contributed by atoms with Gasteiger partial charge in [-0.2, -0.15) is 0 Å². The fourth-order valence-electron chi connectivity index (χ4n) is 2.19. The van der Waals surface area contributed by atoms with Crippen molar-refractivity contribution < 1.29 is 18.5 Å². The molecule has 3 rings (SSSR count). The highest BCUT2D eigenvalue weighted by molar-refractivity contribution is 7.99. The Balaban J connectivity index is 1.59. The maximum absolute atomic E-state index is 12.9. The number of nitro benzene ring substituents is 1. The van der Waals surface area contributed by atoms with Gasteiger partial charge in [-0.1, -0.05) is 17.8 Å². The van der Waals surface area contributed by atoms with Crippen LogP contribution in [0, 0.1) is 22.9 Å². The van der Waals surface area contributed by atoms with E-state index >= 15 is 0 Å². The number of nitrogens with zero attached hydrogens (tertiary/aromatic N) is 3. The molecule has 0 atom stereocenters. The molecule has 138 valence electrons. The molecule has 1 amide bonds. The Hall–Kier alpha value is -3.27. The molecule has 0 unspecified atom stereocenters. The van der Waals surface area contributed by atoms with Crippen molar-refractivity contribution in [2.45, 2.75) is 12.1 Å². The third kappa shape index (κ3) is 4.67. The van der Waals surface area contributed by atoms with E-state index in [2.05, 4.69) is 15.5 Å². The van der Waals surface area contributed by atoms with Gasteiger partial charge in [0.15, 0.2) is 0 Å². The zero-order valence-corrected chi connectivity index (χ0v) is 14.8. The van der Waals surface area contributed by atoms with E-state index in [1.165, 1.54) is 30.3 Å². The first kappa shape index (κ1) is 18.5. The van der Waals surface area contributed by atoms with Gasteiger partial charge in [0.05, 0.1) is 10.7 Å². The minimum atomic E-state index is -0.505. The Morgan fingerprint density at radius 3 is 2.70 bits per heavy atom. The average Bonchev–Trinajstić information content (AvgIpc) is 3.11. The zero-order chi connectivity index (χ0) is 19.4. The first-order chi connectivity index (χ1) is 12.9. The SMILES string of the molecule is Cc1ccc(NC(=O)CSc2nnc(-c3ccc(F)cc3)o2)cc1[N+](=O)[O-]. The third-order valence-electron chi connectivity index (χ3n) is 3.51. The van der Waals surface area contributed by atoms with E-state index in [1.54, 1.807) is 19.1 Å². The molecule has 3 aromatic rings. The number of halogens is 1. The van der Waals surface area contributed by atoms with Crippen molar-refractivity contribution in [3.05, 3.63) is 64.0 Å². The maximum Gasteiger partial charge on any atom is 0.277 e. The number of aromatic nitrogens is 2. The van der Waals surface area contributed by atoms with E-state index in [4.69, 9.17) is 4.42 Å². The topological polar surface area (TPSA) is 111 Å². The number of anilines is 1. The third-order valence-corrected chi connectivity index (χ3v) is 4.33. The van der Waals surface area contributed by atoms with Crippen LogP contribution in [0.5, 0.6) is 0 Å². The summed E-state index contributed by atoms with van der Waals surface area (Å²) in [6.07, 6.45) is 0. The summed E-state index contributed by atoms with van der Waals surface area (Å²) < 4.78 is 18.4. The number of amides is 1. The molecule has 0 bridgehead atoms. The van der Waals surface area contributed by atoms with Gasteiger partial charge in [0.25, 0.3) is 10.9 Å². The maximum atomic E-state index is 12.9. The number of benzene rings is 2. The van der Waals surface area contributed by atoms with Crippen molar-refractivity contribution in [1.29, 1.82) is 0 Å². The molecular weight excluding hydrogens is 375 g/mol. The van der Waals surface area contributed by atoms with Crippen LogP contribution in [0.2, 0.25) is 0 Å². The van der Waals surface area contributed by atoms with Crippen LogP contribution >= 0.6 is 11.8 Å². The molecule has 1 N–H and O–H groups in total. The van der Waals surface area contributed by atoms with Crippen LogP contribution in [0.1, 0.15) is 5.56 Å². The van der Waals surface area contributed by atoms with Crippen molar-refractivity contribution >= 4 is 29.0 Å². The van der Waals surface area contributed by atoms with Crippen molar-refractivity contribution in [1.82, 2.24) is 10.2 Å². The van der Waals surface area contributed by atoms with Gasteiger partial charge in [-0.15, -0.1) is 10.2 Å². The lowest BCUT2D eigenvalue weighted by Crippen LogP contribution is -2.14. The van der Waals surface area contributed by atoms with E-state index in [0.29, 0.717) is 16.8 Å². The summed E-state index contributed by atoms with van der Waals surface area (Å²) in [7, 11) is 0. The van der Waals surface area contributed by atoms with Gasteiger partial charge in [0, 0.05) is 22.9 Å². The van der Waals surface area contributed by atoms with E-state index in [9.17, 15) is 19.3 Å². The average molecular weight is 388 g/mol. The number of nitro groups is 1. The van der Waals surface area contributed by atoms with E-state index in [0.717, 1.165) is 11.8 Å². The molecule has 2 aromatic carbocycles. The minimum absolute atomic E-state index is 0.0211. The van der Waals surface area contributed by atoms with Crippen molar-refractivity contribution in [2.75, 3.05) is 11.1 Å². The van der Waals surface area contributed by atoms with Crippen molar-refractivity contribution in [2.24, 2.45) is 0 Å². The first-order valence-corrected chi connectivity index (χ1v) is 8.68. The Morgan fingerprint density at radius 2 is 2.00 bits per heavy atom. The number of aryl methyl sites for hydroxylation is 1. The standard InChI is InChI=1S/C17H13FN4O4S/c1-10-2-7-13(8-14(10)22(24)25)19-15(23)9-27-17-21-20-16(26-17)11-3-5-12(18)6-4-11/h2-8H,9H2,1H3,(H,19,23). The summed E-state index contributed by atoms with van der Waals surface area (Å²) in [5, 5.41) is 21.4. The summed E-state index contributed by atoms with van der Waals surface area (Å²) >= 11 is 1.02. The number of rotatable bonds is 6. The predicted octanol–water partition coefficient (Wildman–Crippen LogP) is 3.82. The van der Waals surface area contributed by atoms with Crippen LogP contribution in [0.3, 0.4) is 0 Å². The van der Waals surface area contributed by atoms with Crippen LogP contribution in [0.15, 0.2) is 52.1 Å². The molecule has 0 spiro atoms. The second-order valence-corrected chi connectivity index (χ2v) is 6.40. The molecule has 1 heterocycles. The molecular formula is C17H13FN4O4S. The van der Waals surface area contributed by atoms with Gasteiger partial charge in [0.1, 0.15) is 5.82 Å². The van der Waals surface area contributed by atoms with Crippen molar-refractivity contribution in [3.8, 4) is 11.5 Å². The van der Waals surface area contributed by atoms with Crippen LogP contribution in [-0.2, 0) is 4.79 Å². The molecule has 0 aliphatic carbocycles. The first-order valence-electron chi connectivity index (χ1n) is 7.69. The number of hydrogen-bond donors (Lipinski definition) is 1. The number of thioether (sulfide) groups is 1. The Kier molecular flexibility index (Phi) is 5.46. The summed E-state index contributed by atoms with van der Waals surface area (Å²) in [5.41, 5.74) is 1.33. The molecule has 27 heavy (non-hydrogen) atoms. The number of nitrogens with one attached hydrogen (secondary N) is 1. The quantitative estimate of drug-likeness (QED) is 0.388. The van der Waals surface area contributed by atoms with Gasteiger partial charge in [-0.3, -0.25) is 14.9 Å². The van der Waals surface area contributed by atoms with Gasteiger partial charge < -0.3 is 9.73 Å². The molecule has 8 nitrogen and oxygen atoms in total. The smallest absolute Gasteiger partial charge is 0.277 e. The lowest BCUT2D eigenvalue weighted by Gasteiger charge is -2.05. The van der Waals surface area contributed by atoms with Gasteiger partial charge in [-0.25, -0.2) is 4.39 Å². The summed E-state index contributed by atoms with van der Waals surface area (Å²) in [6, 6.07) is 10.0. The normalized spacial score (nSPS) is 10.6. The van der Waals surface area contributed by atoms with Crippen LogP contribution in [-0.4, -0.2) is 26.8 Å². The van der Waals surface area contributed by atoms with E-state index in [-0.39, 0.29) is 34.3 Å². The van der Waals surface area contributed by atoms with Gasteiger partial charge in [0.2, 0.25) is 11.8 Å². The zero-order valence-electron chi connectivity index (χ0n) is 14.0. The highest BCUT2D eigenvalue weighted by atomic mass is 32.2. The fourth-order valence-corrected chi connectivity index (χ4v) is 2.75. The van der Waals surface area contributed by atoms with Crippen LogP contribution in [0.4, 0.5) is 15.8 Å². The van der Waals surface area contributed by atoms with Crippen LogP contribution in [0.25, 0.3) is 11.5 Å². The summed E-state index contributed by atoms with van der Waals surface area (Å²) in [6.45, 7) is 1.62. The van der Waals surface area contributed by atoms with Gasteiger partial charge in [-0.05, 0) is 37.3 Å². The summed E-state index contributed by atoms with van der Waals surface area (Å²) in [5.74, 6) is -0.556. The molecule has 0 aliphatic heterocycles. The Bertz CT molecular complexity index is 991. The lowest BCUT2D eigenvalue weighted by molar-refractivity contribution is -0.385. The lowest BCUT2D eigenvalue weighted by atomic mass is 10.2. The second kappa shape index (κ2) is 7.96. The van der Waals surface area contributed by atoms with Crippen LogP contribution < -0.4 is 5.32 Å². The highest BCUT2D eigenvalue weighted by Crippen LogP contribution is 2.25. The molecule has 1 aromatic heterocycles. The Morgan fingerprint density at radius 1 is 1.26 bits per heavy atom. The van der Waals surface area contributed by atoms with Gasteiger partial charge >= 0.3 is 0 Å². The highest BCUT2D eigenvalue weighted by Gasteiger charge is 2.14.